The van der Waals surface area contributed by atoms with Gasteiger partial charge in [-0.25, -0.2) is 4.98 Å². The van der Waals surface area contributed by atoms with Crippen molar-refractivity contribution in [2.75, 3.05) is 11.9 Å². The Bertz CT molecular complexity index is 545. The Labute approximate surface area is 109 Å². The monoisotopic (exact) mass is 263 g/mol. The molecule has 2 heterocycles. The number of thiophene rings is 1. The van der Waals surface area contributed by atoms with Gasteiger partial charge in [0.1, 0.15) is 5.82 Å². The summed E-state index contributed by atoms with van der Waals surface area (Å²) in [4.78, 5) is 5.37. The van der Waals surface area contributed by atoms with Crippen molar-refractivity contribution in [2.45, 2.75) is 6.42 Å². The van der Waals surface area contributed by atoms with Crippen LogP contribution in [-0.4, -0.2) is 11.5 Å². The molecule has 0 saturated carbocycles. The van der Waals surface area contributed by atoms with Crippen LogP contribution in [0.4, 0.5) is 5.82 Å². The van der Waals surface area contributed by atoms with Crippen LogP contribution < -0.4 is 5.32 Å². The van der Waals surface area contributed by atoms with Crippen LogP contribution in [0.5, 0.6) is 0 Å². The molecule has 0 atom stereocenters. The second-order valence-electron chi connectivity index (χ2n) is 3.42. The predicted octanol–water partition coefficient (Wildman–Crippen LogP) is 3.32. The summed E-state index contributed by atoms with van der Waals surface area (Å²) in [6.07, 6.45) is 2.53. The van der Waals surface area contributed by atoms with E-state index in [2.05, 4.69) is 16.4 Å². The third-order valence-electron chi connectivity index (χ3n) is 2.20. The lowest BCUT2D eigenvalue weighted by Crippen LogP contribution is -2.05. The fourth-order valence-electron chi connectivity index (χ4n) is 1.40. The smallest absolute Gasteiger partial charge is 0.127 e. The molecule has 3 nitrogen and oxygen atoms in total. The summed E-state index contributed by atoms with van der Waals surface area (Å²) in [6.45, 7) is 0.777. The number of nitrogens with zero attached hydrogens (tertiary/aromatic N) is 2. The Morgan fingerprint density at radius 3 is 3.00 bits per heavy atom. The zero-order valence-corrected chi connectivity index (χ0v) is 10.6. The van der Waals surface area contributed by atoms with E-state index in [1.165, 1.54) is 4.88 Å². The van der Waals surface area contributed by atoms with Crippen molar-refractivity contribution in [3.63, 3.8) is 0 Å². The summed E-state index contributed by atoms with van der Waals surface area (Å²) < 4.78 is 0.810. The third-order valence-corrected chi connectivity index (χ3v) is 3.49. The van der Waals surface area contributed by atoms with Crippen LogP contribution in [-0.2, 0) is 6.42 Å². The van der Waals surface area contributed by atoms with Gasteiger partial charge in [-0.1, -0.05) is 11.6 Å². The van der Waals surface area contributed by atoms with E-state index in [1.807, 2.05) is 12.1 Å². The minimum Gasteiger partial charge on any atom is -0.370 e. The largest absolute Gasteiger partial charge is 0.370 e. The van der Waals surface area contributed by atoms with Crippen molar-refractivity contribution >= 4 is 28.8 Å². The summed E-state index contributed by atoms with van der Waals surface area (Å²) in [5.41, 5.74) is 0.613. The molecule has 0 radical (unpaired) electrons. The Morgan fingerprint density at radius 2 is 2.29 bits per heavy atom. The van der Waals surface area contributed by atoms with E-state index in [9.17, 15) is 0 Å². The number of anilines is 1. The van der Waals surface area contributed by atoms with Gasteiger partial charge in [0.05, 0.1) is 16.0 Å². The highest BCUT2D eigenvalue weighted by Gasteiger charge is 1.99. The first-order valence-corrected chi connectivity index (χ1v) is 6.31. The second-order valence-corrected chi connectivity index (χ2v) is 5.22. The number of hydrogen-bond donors (Lipinski definition) is 1. The number of pyridine rings is 1. The minimum atomic E-state index is 0.613. The van der Waals surface area contributed by atoms with Gasteiger partial charge in [-0.2, -0.15) is 5.26 Å². The average molecular weight is 264 g/mol. The van der Waals surface area contributed by atoms with Crippen molar-refractivity contribution < 1.29 is 0 Å². The number of nitriles is 1. The van der Waals surface area contributed by atoms with E-state index in [1.54, 1.807) is 29.7 Å². The van der Waals surface area contributed by atoms with Crippen molar-refractivity contribution in [2.24, 2.45) is 0 Å². The van der Waals surface area contributed by atoms with Crippen LogP contribution in [0.15, 0.2) is 30.5 Å². The molecule has 5 heteroatoms. The van der Waals surface area contributed by atoms with Crippen LogP contribution >= 0.6 is 22.9 Å². The first kappa shape index (κ1) is 11.9. The van der Waals surface area contributed by atoms with E-state index < -0.39 is 0 Å². The van der Waals surface area contributed by atoms with Crippen LogP contribution in [0.2, 0.25) is 4.34 Å². The van der Waals surface area contributed by atoms with Crippen LogP contribution in [0, 0.1) is 11.3 Å². The van der Waals surface area contributed by atoms with E-state index in [4.69, 9.17) is 16.9 Å². The molecule has 0 amide bonds. The zero-order chi connectivity index (χ0) is 12.1. The Morgan fingerprint density at radius 1 is 1.41 bits per heavy atom. The lowest BCUT2D eigenvalue weighted by Gasteiger charge is -2.03. The van der Waals surface area contributed by atoms with Gasteiger partial charge < -0.3 is 5.32 Å². The first-order valence-electron chi connectivity index (χ1n) is 5.12. The molecule has 0 aliphatic heterocycles. The molecular formula is C12H10ClN3S. The molecule has 0 bridgehead atoms. The van der Waals surface area contributed by atoms with Crippen LogP contribution in [0.1, 0.15) is 10.4 Å². The van der Waals surface area contributed by atoms with E-state index in [-0.39, 0.29) is 0 Å². The van der Waals surface area contributed by atoms with Crippen molar-refractivity contribution in [1.29, 1.82) is 5.26 Å². The van der Waals surface area contributed by atoms with Gasteiger partial charge in [-0.15, -0.1) is 11.3 Å². The van der Waals surface area contributed by atoms with Crippen LogP contribution in [0.25, 0.3) is 0 Å². The Balaban J connectivity index is 1.88. The zero-order valence-electron chi connectivity index (χ0n) is 8.98. The maximum atomic E-state index is 8.75. The maximum absolute atomic E-state index is 8.75. The normalized spacial score (nSPS) is 9.88. The number of aromatic nitrogens is 1. The Kier molecular flexibility index (Phi) is 3.97. The Hall–Kier alpha value is -1.57. The second kappa shape index (κ2) is 5.67. The lowest BCUT2D eigenvalue weighted by molar-refractivity contribution is 1.03. The number of halogens is 1. The van der Waals surface area contributed by atoms with Gasteiger partial charge >= 0.3 is 0 Å². The summed E-state index contributed by atoms with van der Waals surface area (Å²) >= 11 is 7.43. The third kappa shape index (κ3) is 3.45. The highest BCUT2D eigenvalue weighted by molar-refractivity contribution is 7.16. The van der Waals surface area contributed by atoms with E-state index in [0.29, 0.717) is 5.56 Å². The molecule has 0 aliphatic carbocycles. The van der Waals surface area contributed by atoms with E-state index in [0.717, 1.165) is 23.1 Å². The lowest BCUT2D eigenvalue weighted by atomic mass is 10.3. The minimum absolute atomic E-state index is 0.613. The van der Waals surface area contributed by atoms with Gasteiger partial charge in [0.25, 0.3) is 0 Å². The summed E-state index contributed by atoms with van der Waals surface area (Å²) in [7, 11) is 0. The van der Waals surface area contributed by atoms with Crippen molar-refractivity contribution in [1.82, 2.24) is 4.98 Å². The predicted molar refractivity (Wildman–Crippen MR) is 70.5 cm³/mol. The quantitative estimate of drug-likeness (QED) is 0.921. The molecule has 1 N–H and O–H groups in total. The number of hydrogen-bond acceptors (Lipinski definition) is 4. The average Bonchev–Trinajstić information content (AvgIpc) is 2.75. The molecule has 0 aliphatic rings. The van der Waals surface area contributed by atoms with Gasteiger partial charge in [-0.05, 0) is 30.7 Å². The first-order chi connectivity index (χ1) is 8.28. The summed E-state index contributed by atoms with van der Waals surface area (Å²) in [6, 6.07) is 9.43. The molecule has 86 valence electrons. The highest BCUT2D eigenvalue weighted by atomic mass is 35.5. The van der Waals surface area contributed by atoms with Crippen LogP contribution in [0.3, 0.4) is 0 Å². The fraction of sp³-hybridized carbons (Fsp3) is 0.167. The highest BCUT2D eigenvalue weighted by Crippen LogP contribution is 2.21. The summed E-state index contributed by atoms with van der Waals surface area (Å²) in [5, 5.41) is 11.9. The SMILES string of the molecule is N#Cc1ccnc(NCCc2ccc(Cl)s2)c1. The molecule has 2 aromatic rings. The topological polar surface area (TPSA) is 48.7 Å². The van der Waals surface area contributed by atoms with Gasteiger partial charge in [-0.3, -0.25) is 0 Å². The van der Waals surface area contributed by atoms with Crippen molar-refractivity contribution in [3.8, 4) is 6.07 Å². The van der Waals surface area contributed by atoms with Crippen molar-refractivity contribution in [3.05, 3.63) is 45.2 Å². The standard InChI is InChI=1S/C12H10ClN3S/c13-11-2-1-10(17-11)4-6-16-12-7-9(8-14)3-5-15-12/h1-3,5,7H,4,6H2,(H,15,16). The summed E-state index contributed by atoms with van der Waals surface area (Å²) in [5.74, 6) is 0.728. The molecule has 0 spiro atoms. The molecule has 2 rings (SSSR count). The molecular weight excluding hydrogens is 254 g/mol. The number of rotatable bonds is 4. The fourth-order valence-corrected chi connectivity index (χ4v) is 2.48. The molecule has 17 heavy (non-hydrogen) atoms. The molecule has 2 aromatic heterocycles. The van der Waals surface area contributed by atoms with E-state index >= 15 is 0 Å². The molecule has 0 aromatic carbocycles. The van der Waals surface area contributed by atoms with Gasteiger partial charge in [0, 0.05) is 17.6 Å². The maximum Gasteiger partial charge on any atom is 0.127 e. The number of nitrogens with one attached hydrogen (secondary N) is 1. The van der Waals surface area contributed by atoms with Gasteiger partial charge in [0.15, 0.2) is 0 Å². The molecule has 0 saturated heterocycles. The molecule has 0 unspecified atom stereocenters. The molecule has 0 fully saturated rings. The van der Waals surface area contributed by atoms with Gasteiger partial charge in [0.2, 0.25) is 0 Å².